The van der Waals surface area contributed by atoms with E-state index in [0.29, 0.717) is 32.7 Å². The third kappa shape index (κ3) is 3.79. The molecule has 0 aromatic carbocycles. The minimum atomic E-state index is -3.51. The number of aromatic nitrogens is 2. The number of sulfonamides is 1. The first-order valence-electron chi connectivity index (χ1n) is 8.41. The van der Waals surface area contributed by atoms with Gasteiger partial charge in [0, 0.05) is 25.8 Å². The number of carbonyl (C=O) groups is 1. The van der Waals surface area contributed by atoms with E-state index in [1.165, 1.54) is 0 Å². The van der Waals surface area contributed by atoms with Crippen molar-refractivity contribution in [3.63, 3.8) is 0 Å². The van der Waals surface area contributed by atoms with E-state index in [-0.39, 0.29) is 17.6 Å². The van der Waals surface area contributed by atoms with E-state index in [0.717, 1.165) is 18.7 Å². The van der Waals surface area contributed by atoms with Crippen molar-refractivity contribution >= 4 is 21.7 Å². The van der Waals surface area contributed by atoms with Crippen LogP contribution >= 0.6 is 0 Å². The van der Waals surface area contributed by atoms with Crippen LogP contribution in [0.25, 0.3) is 0 Å². The normalized spacial score (nSPS) is 25.4. The molecular weight excluding hydrogens is 332 g/mol. The smallest absolute Gasteiger partial charge is 0.246 e. The molecule has 24 heavy (non-hydrogen) atoms. The van der Waals surface area contributed by atoms with Gasteiger partial charge in [-0.15, -0.1) is 0 Å². The zero-order valence-corrected chi connectivity index (χ0v) is 14.7. The number of nitrogens with one attached hydrogen (secondary N) is 1. The van der Waals surface area contributed by atoms with Gasteiger partial charge >= 0.3 is 0 Å². The zero-order valence-electron chi connectivity index (χ0n) is 13.8. The quantitative estimate of drug-likeness (QED) is 0.794. The SMILES string of the molecule is CCn1nccc1N1CCC[C@H](NS(=O)(=O)C[C@@H]2CCOC2)C1=O. The first-order chi connectivity index (χ1) is 11.5. The second-order valence-electron chi connectivity index (χ2n) is 6.32. The molecular formula is C15H24N4O4S. The number of hydrogen-bond acceptors (Lipinski definition) is 5. The number of nitrogens with zero attached hydrogens (tertiary/aromatic N) is 3. The van der Waals surface area contributed by atoms with Crippen molar-refractivity contribution < 1.29 is 17.9 Å². The lowest BCUT2D eigenvalue weighted by Gasteiger charge is -2.32. The van der Waals surface area contributed by atoms with Crippen LogP contribution in [0.3, 0.4) is 0 Å². The van der Waals surface area contributed by atoms with Crippen LogP contribution in [0.15, 0.2) is 12.3 Å². The highest BCUT2D eigenvalue weighted by atomic mass is 32.2. The average Bonchev–Trinajstić information content (AvgIpc) is 3.19. The third-order valence-electron chi connectivity index (χ3n) is 4.51. The Hall–Kier alpha value is -1.45. The number of amides is 1. The van der Waals surface area contributed by atoms with Crippen LogP contribution in [-0.2, 0) is 26.1 Å². The van der Waals surface area contributed by atoms with Crippen molar-refractivity contribution in [2.45, 2.75) is 38.8 Å². The fraction of sp³-hybridized carbons (Fsp3) is 0.733. The summed E-state index contributed by atoms with van der Waals surface area (Å²) in [7, 11) is -3.51. The number of carbonyl (C=O) groups excluding carboxylic acids is 1. The van der Waals surface area contributed by atoms with E-state index in [2.05, 4.69) is 9.82 Å². The molecule has 3 heterocycles. The topological polar surface area (TPSA) is 93.5 Å². The maximum absolute atomic E-state index is 12.7. The van der Waals surface area contributed by atoms with Gasteiger partial charge in [0.05, 0.1) is 18.6 Å². The Labute approximate surface area is 142 Å². The van der Waals surface area contributed by atoms with E-state index >= 15 is 0 Å². The lowest BCUT2D eigenvalue weighted by molar-refractivity contribution is -0.121. The van der Waals surface area contributed by atoms with Crippen molar-refractivity contribution in [1.29, 1.82) is 0 Å². The summed E-state index contributed by atoms with van der Waals surface area (Å²) in [6.07, 6.45) is 3.68. The van der Waals surface area contributed by atoms with Gasteiger partial charge < -0.3 is 4.74 Å². The lowest BCUT2D eigenvalue weighted by Crippen LogP contribution is -2.53. The molecule has 8 nitrogen and oxygen atoms in total. The van der Waals surface area contributed by atoms with Gasteiger partial charge in [0.15, 0.2) is 0 Å². The van der Waals surface area contributed by atoms with Gasteiger partial charge in [-0.3, -0.25) is 9.69 Å². The van der Waals surface area contributed by atoms with Crippen LogP contribution in [0.4, 0.5) is 5.82 Å². The number of anilines is 1. The number of hydrogen-bond donors (Lipinski definition) is 1. The summed E-state index contributed by atoms with van der Waals surface area (Å²) in [5.41, 5.74) is 0. The van der Waals surface area contributed by atoms with E-state index in [1.807, 2.05) is 6.92 Å². The predicted molar refractivity (Wildman–Crippen MR) is 89.1 cm³/mol. The van der Waals surface area contributed by atoms with Crippen LogP contribution < -0.4 is 9.62 Å². The molecule has 1 aromatic rings. The minimum absolute atomic E-state index is 0.0128. The highest BCUT2D eigenvalue weighted by Crippen LogP contribution is 2.22. The maximum atomic E-state index is 12.7. The van der Waals surface area contributed by atoms with Gasteiger partial charge in [-0.25, -0.2) is 17.8 Å². The highest BCUT2D eigenvalue weighted by molar-refractivity contribution is 7.89. The van der Waals surface area contributed by atoms with Crippen LogP contribution in [0.1, 0.15) is 26.2 Å². The largest absolute Gasteiger partial charge is 0.381 e. The highest BCUT2D eigenvalue weighted by Gasteiger charge is 2.34. The van der Waals surface area contributed by atoms with Gasteiger partial charge in [-0.1, -0.05) is 0 Å². The van der Waals surface area contributed by atoms with E-state index in [4.69, 9.17) is 4.74 Å². The molecule has 0 unspecified atom stereocenters. The molecule has 2 atom stereocenters. The Morgan fingerprint density at radius 2 is 2.25 bits per heavy atom. The van der Waals surface area contributed by atoms with E-state index < -0.39 is 16.1 Å². The first-order valence-corrected chi connectivity index (χ1v) is 10.1. The van der Waals surface area contributed by atoms with Gasteiger partial charge in [-0.05, 0) is 32.1 Å². The van der Waals surface area contributed by atoms with Gasteiger partial charge in [0.25, 0.3) is 0 Å². The number of piperidine rings is 1. The predicted octanol–water partition coefficient (Wildman–Crippen LogP) is 0.354. The molecule has 1 amide bonds. The molecule has 2 aliphatic heterocycles. The fourth-order valence-electron chi connectivity index (χ4n) is 3.30. The van der Waals surface area contributed by atoms with Crippen LogP contribution in [0, 0.1) is 5.92 Å². The summed E-state index contributed by atoms with van der Waals surface area (Å²) in [6.45, 7) is 4.27. The van der Waals surface area contributed by atoms with E-state index in [9.17, 15) is 13.2 Å². The van der Waals surface area contributed by atoms with Crippen LogP contribution in [-0.4, -0.2) is 55.7 Å². The fourth-order valence-corrected chi connectivity index (χ4v) is 4.93. The van der Waals surface area contributed by atoms with Crippen molar-refractivity contribution in [1.82, 2.24) is 14.5 Å². The zero-order chi connectivity index (χ0) is 17.2. The molecule has 134 valence electrons. The molecule has 2 fully saturated rings. The van der Waals surface area contributed by atoms with Crippen LogP contribution in [0.2, 0.25) is 0 Å². The molecule has 2 aliphatic rings. The molecule has 1 N–H and O–H groups in total. The molecule has 0 spiro atoms. The Bertz CT molecular complexity index is 681. The second-order valence-corrected chi connectivity index (χ2v) is 8.12. The molecule has 3 rings (SSSR count). The molecule has 0 saturated carbocycles. The average molecular weight is 356 g/mol. The number of rotatable bonds is 6. The Morgan fingerprint density at radius 1 is 1.42 bits per heavy atom. The summed E-state index contributed by atoms with van der Waals surface area (Å²) in [6, 6.07) is 1.08. The van der Waals surface area contributed by atoms with E-state index in [1.54, 1.807) is 21.8 Å². The van der Waals surface area contributed by atoms with Gasteiger partial charge in [-0.2, -0.15) is 5.10 Å². The lowest BCUT2D eigenvalue weighted by atomic mass is 10.1. The molecule has 2 saturated heterocycles. The second kappa shape index (κ2) is 7.20. The van der Waals surface area contributed by atoms with Crippen LogP contribution in [0.5, 0.6) is 0 Å². The molecule has 9 heteroatoms. The van der Waals surface area contributed by atoms with Gasteiger partial charge in [0.2, 0.25) is 15.9 Å². The molecule has 0 bridgehead atoms. The molecule has 0 radical (unpaired) electrons. The Balaban J connectivity index is 1.68. The van der Waals surface area contributed by atoms with Gasteiger partial charge in [0.1, 0.15) is 11.9 Å². The summed E-state index contributed by atoms with van der Waals surface area (Å²) >= 11 is 0. The molecule has 0 aliphatic carbocycles. The van der Waals surface area contributed by atoms with Crippen molar-refractivity contribution in [2.75, 3.05) is 30.4 Å². The monoisotopic (exact) mass is 356 g/mol. The van der Waals surface area contributed by atoms with Crippen molar-refractivity contribution in [2.24, 2.45) is 5.92 Å². The van der Waals surface area contributed by atoms with Crippen molar-refractivity contribution in [3.05, 3.63) is 12.3 Å². The summed E-state index contributed by atoms with van der Waals surface area (Å²) < 4.78 is 34.3. The minimum Gasteiger partial charge on any atom is -0.381 e. The first kappa shape index (κ1) is 17.4. The number of ether oxygens (including phenoxy) is 1. The summed E-state index contributed by atoms with van der Waals surface area (Å²) in [5.74, 6) is 0.543. The third-order valence-corrected chi connectivity index (χ3v) is 6.06. The standard InChI is InChI=1S/C15H24N4O4S/c1-2-19-14(5-7-16-19)18-8-3-4-13(15(18)20)17-24(21,22)11-12-6-9-23-10-12/h5,7,12-13,17H,2-4,6,8-11H2,1H3/t12-,13+/m1/s1. The summed E-state index contributed by atoms with van der Waals surface area (Å²) in [4.78, 5) is 14.4. The Kier molecular flexibility index (Phi) is 5.21. The maximum Gasteiger partial charge on any atom is 0.246 e. The Morgan fingerprint density at radius 3 is 2.96 bits per heavy atom. The van der Waals surface area contributed by atoms with Crippen molar-refractivity contribution in [3.8, 4) is 0 Å². The number of aryl methyl sites for hydroxylation is 1. The molecule has 1 aromatic heterocycles. The summed E-state index contributed by atoms with van der Waals surface area (Å²) in [5, 5.41) is 4.18.